The van der Waals surface area contributed by atoms with E-state index in [1.165, 1.54) is 12.1 Å². The number of benzene rings is 1. The Balaban J connectivity index is 1.88. The molecule has 1 N–H and O–H groups in total. The molecule has 0 amide bonds. The van der Waals surface area contributed by atoms with Crippen LogP contribution in [0.1, 0.15) is 30.0 Å². The summed E-state index contributed by atoms with van der Waals surface area (Å²) in [6.07, 6.45) is -3.89. The second-order valence-corrected chi connectivity index (χ2v) is 5.96. The standard InChI is InChI=1S/C18H21F3N2O2/c1-2-14-7-8-16(24-14)17(23-11-9-22-10-12-23)13-3-5-15(6-4-13)25-18(19,20)21/h3-8,17,22H,2,9-12H2,1H3/t17-/m0/s1. The number of rotatable bonds is 5. The number of halogens is 3. The van der Waals surface area contributed by atoms with Crippen LogP contribution < -0.4 is 10.1 Å². The van der Waals surface area contributed by atoms with E-state index in [4.69, 9.17) is 4.42 Å². The molecule has 1 fully saturated rings. The molecule has 1 aliphatic heterocycles. The molecule has 1 saturated heterocycles. The molecule has 0 aliphatic carbocycles. The van der Waals surface area contributed by atoms with Crippen molar-refractivity contribution in [1.82, 2.24) is 10.2 Å². The first kappa shape index (κ1) is 17.8. The van der Waals surface area contributed by atoms with Gasteiger partial charge in [0.2, 0.25) is 0 Å². The van der Waals surface area contributed by atoms with Crippen molar-refractivity contribution in [3.05, 3.63) is 53.5 Å². The van der Waals surface area contributed by atoms with Gasteiger partial charge < -0.3 is 14.5 Å². The lowest BCUT2D eigenvalue weighted by atomic mass is 10.0. The van der Waals surface area contributed by atoms with Crippen LogP contribution in [0.15, 0.2) is 40.8 Å². The van der Waals surface area contributed by atoms with E-state index in [1.54, 1.807) is 12.1 Å². The number of nitrogens with zero attached hydrogens (tertiary/aromatic N) is 1. The Labute approximate surface area is 144 Å². The molecule has 3 rings (SSSR count). The minimum Gasteiger partial charge on any atom is -0.464 e. The van der Waals surface area contributed by atoms with Gasteiger partial charge in [-0.2, -0.15) is 0 Å². The highest BCUT2D eigenvalue weighted by Gasteiger charge is 2.31. The van der Waals surface area contributed by atoms with Crippen molar-refractivity contribution in [2.75, 3.05) is 26.2 Å². The van der Waals surface area contributed by atoms with Crippen LogP contribution in [0.3, 0.4) is 0 Å². The Kier molecular flexibility index (Phi) is 5.34. The molecule has 1 aromatic carbocycles. The summed E-state index contributed by atoms with van der Waals surface area (Å²) in [6.45, 7) is 5.44. The monoisotopic (exact) mass is 354 g/mol. The Morgan fingerprint density at radius 2 is 1.80 bits per heavy atom. The molecule has 136 valence electrons. The first-order chi connectivity index (χ1) is 12.0. The number of piperazine rings is 1. The number of hydrogen-bond donors (Lipinski definition) is 1. The molecule has 1 atom stereocenters. The largest absolute Gasteiger partial charge is 0.573 e. The maximum Gasteiger partial charge on any atom is 0.573 e. The van der Waals surface area contributed by atoms with E-state index in [0.29, 0.717) is 0 Å². The minimum absolute atomic E-state index is 0.123. The molecule has 4 nitrogen and oxygen atoms in total. The number of nitrogens with one attached hydrogen (secondary N) is 1. The average molecular weight is 354 g/mol. The lowest BCUT2D eigenvalue weighted by molar-refractivity contribution is -0.274. The molecule has 2 heterocycles. The van der Waals surface area contributed by atoms with Gasteiger partial charge in [0.15, 0.2) is 0 Å². The number of alkyl halides is 3. The Bertz CT molecular complexity index is 676. The fourth-order valence-corrected chi connectivity index (χ4v) is 3.08. The lowest BCUT2D eigenvalue weighted by Crippen LogP contribution is -2.45. The molecule has 25 heavy (non-hydrogen) atoms. The van der Waals surface area contributed by atoms with Crippen molar-refractivity contribution in [3.63, 3.8) is 0 Å². The zero-order valence-electron chi connectivity index (χ0n) is 14.0. The predicted octanol–water partition coefficient (Wildman–Crippen LogP) is 3.74. The molecule has 7 heteroatoms. The Hall–Kier alpha value is -1.99. The molecule has 0 unspecified atom stereocenters. The zero-order valence-corrected chi connectivity index (χ0v) is 14.0. The van der Waals surface area contributed by atoms with Crippen LogP contribution in [-0.2, 0) is 6.42 Å². The summed E-state index contributed by atoms with van der Waals surface area (Å²) in [7, 11) is 0. The van der Waals surface area contributed by atoms with Crippen molar-refractivity contribution in [1.29, 1.82) is 0 Å². The van der Waals surface area contributed by atoms with Crippen LogP contribution in [0, 0.1) is 0 Å². The fourth-order valence-electron chi connectivity index (χ4n) is 3.08. The second kappa shape index (κ2) is 7.49. The van der Waals surface area contributed by atoms with E-state index in [1.807, 2.05) is 19.1 Å². The number of furan rings is 1. The number of aryl methyl sites for hydroxylation is 1. The van der Waals surface area contributed by atoms with Gasteiger partial charge in [0.25, 0.3) is 0 Å². The maximum atomic E-state index is 12.3. The van der Waals surface area contributed by atoms with Gasteiger partial charge in [-0.25, -0.2) is 0 Å². The van der Waals surface area contributed by atoms with Gasteiger partial charge in [-0.05, 0) is 29.8 Å². The molecule has 2 aromatic rings. The molecular weight excluding hydrogens is 333 g/mol. The summed E-state index contributed by atoms with van der Waals surface area (Å²) in [6, 6.07) is 9.81. The molecular formula is C18H21F3N2O2. The van der Waals surface area contributed by atoms with Gasteiger partial charge in [0.1, 0.15) is 17.3 Å². The predicted molar refractivity (Wildman–Crippen MR) is 87.5 cm³/mol. The van der Waals surface area contributed by atoms with Crippen LogP contribution in [0.5, 0.6) is 5.75 Å². The number of hydrogen-bond acceptors (Lipinski definition) is 4. The summed E-state index contributed by atoms with van der Waals surface area (Å²) < 4.78 is 46.9. The molecule has 0 saturated carbocycles. The summed E-state index contributed by atoms with van der Waals surface area (Å²) >= 11 is 0. The van der Waals surface area contributed by atoms with Crippen LogP contribution in [0.2, 0.25) is 0 Å². The van der Waals surface area contributed by atoms with E-state index in [0.717, 1.165) is 49.7 Å². The zero-order chi connectivity index (χ0) is 17.9. The molecule has 0 radical (unpaired) electrons. The van der Waals surface area contributed by atoms with Crippen molar-refractivity contribution in [3.8, 4) is 5.75 Å². The van der Waals surface area contributed by atoms with Gasteiger partial charge >= 0.3 is 6.36 Å². The average Bonchev–Trinajstić information content (AvgIpc) is 3.05. The fraction of sp³-hybridized carbons (Fsp3) is 0.444. The molecule has 0 spiro atoms. The van der Waals surface area contributed by atoms with Crippen molar-refractivity contribution < 1.29 is 22.3 Å². The molecule has 1 aliphatic rings. The summed E-state index contributed by atoms with van der Waals surface area (Å²) in [5.74, 6) is 1.49. The SMILES string of the molecule is CCc1ccc([C@H](c2ccc(OC(F)(F)F)cc2)N2CCNCC2)o1. The highest BCUT2D eigenvalue weighted by Crippen LogP contribution is 2.32. The first-order valence-electron chi connectivity index (χ1n) is 8.35. The van der Waals surface area contributed by atoms with Gasteiger partial charge in [0, 0.05) is 32.6 Å². The first-order valence-corrected chi connectivity index (χ1v) is 8.35. The van der Waals surface area contributed by atoms with Gasteiger partial charge in [-0.15, -0.1) is 13.2 Å². The summed E-state index contributed by atoms with van der Waals surface area (Å²) in [5.41, 5.74) is 0.883. The summed E-state index contributed by atoms with van der Waals surface area (Å²) in [4.78, 5) is 2.27. The topological polar surface area (TPSA) is 37.6 Å². The van der Waals surface area contributed by atoms with E-state index in [9.17, 15) is 13.2 Å². The third-order valence-corrected chi connectivity index (χ3v) is 4.25. The Morgan fingerprint density at radius 1 is 1.12 bits per heavy atom. The third-order valence-electron chi connectivity index (χ3n) is 4.25. The quantitative estimate of drug-likeness (QED) is 0.888. The van der Waals surface area contributed by atoms with E-state index in [2.05, 4.69) is 15.0 Å². The van der Waals surface area contributed by atoms with E-state index >= 15 is 0 Å². The third kappa shape index (κ3) is 4.55. The normalized spacial score (nSPS) is 17.4. The van der Waals surface area contributed by atoms with Crippen molar-refractivity contribution >= 4 is 0 Å². The minimum atomic E-state index is -4.68. The second-order valence-electron chi connectivity index (χ2n) is 5.96. The lowest BCUT2D eigenvalue weighted by Gasteiger charge is -2.34. The van der Waals surface area contributed by atoms with Gasteiger partial charge in [-0.3, -0.25) is 4.90 Å². The maximum absolute atomic E-state index is 12.3. The van der Waals surface area contributed by atoms with Crippen LogP contribution in [0.25, 0.3) is 0 Å². The molecule has 1 aromatic heterocycles. The van der Waals surface area contributed by atoms with Crippen LogP contribution in [0.4, 0.5) is 13.2 Å². The van der Waals surface area contributed by atoms with Crippen LogP contribution in [-0.4, -0.2) is 37.4 Å². The van der Waals surface area contributed by atoms with Gasteiger partial charge in [0.05, 0.1) is 6.04 Å². The van der Waals surface area contributed by atoms with Crippen molar-refractivity contribution in [2.24, 2.45) is 0 Å². The highest BCUT2D eigenvalue weighted by molar-refractivity contribution is 5.33. The Morgan fingerprint density at radius 3 is 2.36 bits per heavy atom. The van der Waals surface area contributed by atoms with Crippen LogP contribution >= 0.6 is 0 Å². The van der Waals surface area contributed by atoms with E-state index < -0.39 is 6.36 Å². The van der Waals surface area contributed by atoms with Crippen molar-refractivity contribution in [2.45, 2.75) is 25.7 Å². The summed E-state index contributed by atoms with van der Waals surface area (Å²) in [5, 5.41) is 3.31. The van der Waals surface area contributed by atoms with Gasteiger partial charge in [-0.1, -0.05) is 19.1 Å². The smallest absolute Gasteiger partial charge is 0.464 e. The van der Waals surface area contributed by atoms with E-state index in [-0.39, 0.29) is 11.8 Å². The highest BCUT2D eigenvalue weighted by atomic mass is 19.4. The molecule has 0 bridgehead atoms. The number of ether oxygens (including phenoxy) is 1.